The van der Waals surface area contributed by atoms with Crippen molar-refractivity contribution in [2.45, 2.75) is 51.1 Å². The minimum atomic E-state index is -3.40. The Hall–Kier alpha value is -0.430. The van der Waals surface area contributed by atoms with Gasteiger partial charge in [0, 0.05) is 17.5 Å². The summed E-state index contributed by atoms with van der Waals surface area (Å²) in [5.74, 6) is 0.591. The van der Waals surface area contributed by atoms with Crippen LogP contribution in [0.1, 0.15) is 38.5 Å². The first-order valence-corrected chi connectivity index (χ1v) is 8.96. The van der Waals surface area contributed by atoms with Crippen molar-refractivity contribution in [2.75, 3.05) is 7.05 Å². The SMILES string of the molecule is CNCc1sccc1S(=O)(=O)NC(C)CCC(C)C. The normalized spacial score (nSPS) is 13.9. The molecule has 1 unspecified atom stereocenters. The molecule has 110 valence electrons. The standard InChI is InChI=1S/C13H24N2O2S2/c1-10(2)5-6-11(3)15-19(16,17)13-7-8-18-12(13)9-14-4/h7-8,10-11,14-15H,5-6,9H2,1-4H3. The molecule has 1 atom stereocenters. The van der Waals surface area contributed by atoms with Crippen molar-refractivity contribution in [3.8, 4) is 0 Å². The highest BCUT2D eigenvalue weighted by molar-refractivity contribution is 7.89. The third-order valence-corrected chi connectivity index (χ3v) is 5.59. The van der Waals surface area contributed by atoms with Crippen LogP contribution in [0.25, 0.3) is 0 Å². The second-order valence-corrected chi connectivity index (χ2v) is 7.91. The zero-order chi connectivity index (χ0) is 14.5. The Kier molecular flexibility index (Phi) is 6.46. The van der Waals surface area contributed by atoms with E-state index < -0.39 is 10.0 Å². The number of thiophene rings is 1. The van der Waals surface area contributed by atoms with Gasteiger partial charge in [0.25, 0.3) is 0 Å². The average molecular weight is 304 g/mol. The van der Waals surface area contributed by atoms with Crippen LogP contribution in [-0.2, 0) is 16.6 Å². The smallest absolute Gasteiger partial charge is 0.241 e. The number of hydrogen-bond acceptors (Lipinski definition) is 4. The summed E-state index contributed by atoms with van der Waals surface area (Å²) in [4.78, 5) is 1.26. The molecule has 0 aliphatic carbocycles. The Labute approximate surface area is 120 Å². The van der Waals surface area contributed by atoms with Crippen LogP contribution >= 0.6 is 11.3 Å². The van der Waals surface area contributed by atoms with Crippen LogP contribution in [0.2, 0.25) is 0 Å². The molecule has 1 aromatic heterocycles. The van der Waals surface area contributed by atoms with Crippen LogP contribution < -0.4 is 10.0 Å². The summed E-state index contributed by atoms with van der Waals surface area (Å²) in [6, 6.07) is 1.64. The zero-order valence-corrected chi connectivity index (χ0v) is 13.7. The van der Waals surface area contributed by atoms with Gasteiger partial charge in [0.2, 0.25) is 10.0 Å². The first-order chi connectivity index (χ1) is 8.86. The molecule has 2 N–H and O–H groups in total. The van der Waals surface area contributed by atoms with Crippen LogP contribution in [0.5, 0.6) is 0 Å². The maximum Gasteiger partial charge on any atom is 0.241 e. The maximum absolute atomic E-state index is 12.3. The molecule has 1 aromatic rings. The van der Waals surface area contributed by atoms with Crippen molar-refractivity contribution in [3.05, 3.63) is 16.3 Å². The molecule has 6 heteroatoms. The Balaban J connectivity index is 2.72. The summed E-state index contributed by atoms with van der Waals surface area (Å²) in [5, 5.41) is 4.81. The van der Waals surface area contributed by atoms with Gasteiger partial charge in [0.15, 0.2) is 0 Å². The van der Waals surface area contributed by atoms with Crippen molar-refractivity contribution < 1.29 is 8.42 Å². The largest absolute Gasteiger partial charge is 0.315 e. The fourth-order valence-corrected chi connectivity index (χ4v) is 4.56. The van der Waals surface area contributed by atoms with Gasteiger partial charge in [-0.3, -0.25) is 0 Å². The molecule has 0 saturated heterocycles. The van der Waals surface area contributed by atoms with Crippen LogP contribution in [0.15, 0.2) is 16.3 Å². The molecule has 0 spiro atoms. The molecule has 0 bridgehead atoms. The van der Waals surface area contributed by atoms with Crippen LogP contribution in [0, 0.1) is 5.92 Å². The van der Waals surface area contributed by atoms with Gasteiger partial charge in [-0.25, -0.2) is 13.1 Å². The minimum absolute atomic E-state index is 0.0327. The molecule has 0 fully saturated rings. The lowest BCUT2D eigenvalue weighted by molar-refractivity contribution is 0.485. The van der Waals surface area contributed by atoms with Gasteiger partial charge < -0.3 is 5.32 Å². The van der Waals surface area contributed by atoms with E-state index in [2.05, 4.69) is 23.9 Å². The molecule has 0 aromatic carbocycles. The van der Waals surface area contributed by atoms with E-state index in [1.54, 1.807) is 6.07 Å². The van der Waals surface area contributed by atoms with Crippen molar-refractivity contribution in [1.29, 1.82) is 0 Å². The van der Waals surface area contributed by atoms with Crippen molar-refractivity contribution >= 4 is 21.4 Å². The predicted molar refractivity (Wildman–Crippen MR) is 80.9 cm³/mol. The number of nitrogens with one attached hydrogen (secondary N) is 2. The average Bonchev–Trinajstić information content (AvgIpc) is 2.75. The minimum Gasteiger partial charge on any atom is -0.315 e. The van der Waals surface area contributed by atoms with Crippen LogP contribution in [0.4, 0.5) is 0 Å². The highest BCUT2D eigenvalue weighted by Crippen LogP contribution is 2.22. The summed E-state index contributed by atoms with van der Waals surface area (Å²) in [7, 11) is -1.58. The molecular formula is C13H24N2O2S2. The van der Waals surface area contributed by atoms with E-state index in [0.29, 0.717) is 17.4 Å². The fraction of sp³-hybridized carbons (Fsp3) is 0.692. The van der Waals surface area contributed by atoms with Crippen molar-refractivity contribution in [3.63, 3.8) is 0 Å². The van der Waals surface area contributed by atoms with E-state index in [4.69, 9.17) is 0 Å². The number of rotatable bonds is 8. The molecule has 19 heavy (non-hydrogen) atoms. The Morgan fingerprint density at radius 2 is 1.95 bits per heavy atom. The lowest BCUT2D eigenvalue weighted by Gasteiger charge is -2.15. The molecule has 0 aliphatic heterocycles. The number of sulfonamides is 1. The summed E-state index contributed by atoms with van der Waals surface area (Å²) in [5.41, 5.74) is 0. The highest BCUT2D eigenvalue weighted by atomic mass is 32.2. The van der Waals surface area contributed by atoms with Gasteiger partial charge in [-0.2, -0.15) is 0 Å². The van der Waals surface area contributed by atoms with Crippen LogP contribution in [-0.4, -0.2) is 21.5 Å². The van der Waals surface area contributed by atoms with E-state index in [-0.39, 0.29) is 6.04 Å². The molecule has 4 nitrogen and oxygen atoms in total. The Morgan fingerprint density at radius 1 is 1.26 bits per heavy atom. The van der Waals surface area contributed by atoms with Gasteiger partial charge >= 0.3 is 0 Å². The number of hydrogen-bond donors (Lipinski definition) is 2. The lowest BCUT2D eigenvalue weighted by Crippen LogP contribution is -2.33. The molecule has 1 heterocycles. The van der Waals surface area contributed by atoms with E-state index in [0.717, 1.165) is 17.7 Å². The second-order valence-electron chi connectivity index (χ2n) is 5.23. The monoisotopic (exact) mass is 304 g/mol. The van der Waals surface area contributed by atoms with E-state index in [9.17, 15) is 8.42 Å². The molecule has 0 amide bonds. The Bertz CT molecular complexity index is 481. The van der Waals surface area contributed by atoms with Gasteiger partial charge in [-0.1, -0.05) is 13.8 Å². The second kappa shape index (κ2) is 7.38. The van der Waals surface area contributed by atoms with Crippen molar-refractivity contribution in [1.82, 2.24) is 10.0 Å². The fourth-order valence-electron chi connectivity index (χ4n) is 1.83. The zero-order valence-electron chi connectivity index (χ0n) is 12.1. The molecule has 0 aliphatic rings. The van der Waals surface area contributed by atoms with Gasteiger partial charge in [0.05, 0.1) is 4.90 Å². The van der Waals surface area contributed by atoms with Gasteiger partial charge in [-0.05, 0) is 44.2 Å². The summed E-state index contributed by atoms with van der Waals surface area (Å²) >= 11 is 1.46. The maximum atomic E-state index is 12.3. The highest BCUT2D eigenvalue weighted by Gasteiger charge is 2.21. The third kappa shape index (κ3) is 5.22. The lowest BCUT2D eigenvalue weighted by atomic mass is 10.1. The molecule has 0 radical (unpaired) electrons. The third-order valence-electron chi connectivity index (χ3n) is 2.86. The van der Waals surface area contributed by atoms with Gasteiger partial charge in [-0.15, -0.1) is 11.3 Å². The molecule has 1 rings (SSSR count). The van der Waals surface area contributed by atoms with Crippen LogP contribution in [0.3, 0.4) is 0 Å². The summed E-state index contributed by atoms with van der Waals surface area (Å²) < 4.78 is 27.4. The topological polar surface area (TPSA) is 58.2 Å². The predicted octanol–water partition coefficient (Wildman–Crippen LogP) is 2.57. The molecular weight excluding hydrogens is 280 g/mol. The quantitative estimate of drug-likeness (QED) is 0.776. The van der Waals surface area contributed by atoms with E-state index in [1.165, 1.54) is 11.3 Å². The van der Waals surface area contributed by atoms with Gasteiger partial charge in [0.1, 0.15) is 0 Å². The Morgan fingerprint density at radius 3 is 2.53 bits per heavy atom. The van der Waals surface area contributed by atoms with E-state index in [1.807, 2.05) is 19.4 Å². The summed E-state index contributed by atoms with van der Waals surface area (Å²) in [6.07, 6.45) is 1.89. The van der Waals surface area contributed by atoms with Crippen molar-refractivity contribution in [2.24, 2.45) is 5.92 Å². The van der Waals surface area contributed by atoms with E-state index >= 15 is 0 Å². The first kappa shape index (κ1) is 16.6. The molecule has 0 saturated carbocycles. The first-order valence-electron chi connectivity index (χ1n) is 6.60. The summed E-state index contributed by atoms with van der Waals surface area (Å²) in [6.45, 7) is 6.79.